The summed E-state index contributed by atoms with van der Waals surface area (Å²) in [7, 11) is 1.61. The van der Waals surface area contributed by atoms with E-state index < -0.39 is 0 Å². The molecule has 9 nitrogen and oxygen atoms in total. The fourth-order valence-electron chi connectivity index (χ4n) is 5.06. The van der Waals surface area contributed by atoms with Crippen LogP contribution in [0.1, 0.15) is 35.5 Å². The Kier molecular flexibility index (Phi) is 6.58. The van der Waals surface area contributed by atoms with Crippen LogP contribution in [0.3, 0.4) is 0 Å². The number of anilines is 1. The van der Waals surface area contributed by atoms with Gasteiger partial charge in [-0.3, -0.25) is 9.69 Å². The highest BCUT2D eigenvalue weighted by Crippen LogP contribution is 2.34. The number of rotatable bonds is 4. The summed E-state index contributed by atoms with van der Waals surface area (Å²) in [5.74, 6) is 0. The van der Waals surface area contributed by atoms with Crippen LogP contribution in [0.2, 0.25) is 5.02 Å². The number of nitrogens with zero attached hydrogens (tertiary/aromatic N) is 8. The second-order valence-electron chi connectivity index (χ2n) is 9.00. The number of fused-ring (bicyclic) bond motifs is 1. The van der Waals surface area contributed by atoms with Gasteiger partial charge in [-0.1, -0.05) is 23.7 Å². The Morgan fingerprint density at radius 2 is 1.86 bits per heavy atom. The highest BCUT2D eigenvalue weighted by atomic mass is 35.5. The largest absolute Gasteiger partial charge is 0.366 e. The molecule has 2 atom stereocenters. The van der Waals surface area contributed by atoms with Crippen LogP contribution in [0, 0.1) is 22.7 Å². The van der Waals surface area contributed by atoms with Gasteiger partial charge in [0.25, 0.3) is 5.56 Å². The molecule has 0 spiro atoms. The molecule has 1 saturated heterocycles. The maximum Gasteiger partial charge on any atom is 0.270 e. The predicted molar refractivity (Wildman–Crippen MR) is 140 cm³/mol. The summed E-state index contributed by atoms with van der Waals surface area (Å²) in [5, 5.41) is 20.0. The lowest BCUT2D eigenvalue weighted by Gasteiger charge is -2.45. The zero-order valence-electron chi connectivity index (χ0n) is 20.3. The van der Waals surface area contributed by atoms with Crippen molar-refractivity contribution in [2.24, 2.45) is 7.05 Å². The van der Waals surface area contributed by atoms with Gasteiger partial charge >= 0.3 is 0 Å². The monoisotopic (exact) mass is 510 g/mol. The standard InChI is InChI=1S/C27H23ClN8O/c1-17-15-35(26-21(14-30)27(37)34(2)23-8-7-20(13-29)33-24(23)26)11-12-36(17)25(22-9-10-31-16-32-22)18-3-5-19(28)6-4-18/h3-10,16-17,25H,11-12,15H2,1-2H3/t17-,25?/m1/s1. The van der Waals surface area contributed by atoms with Crippen LogP contribution in [-0.4, -0.2) is 50.1 Å². The van der Waals surface area contributed by atoms with Crippen molar-refractivity contribution in [2.45, 2.75) is 19.0 Å². The highest BCUT2D eigenvalue weighted by molar-refractivity contribution is 6.30. The molecule has 1 fully saturated rings. The first-order valence-corrected chi connectivity index (χ1v) is 12.2. The molecule has 184 valence electrons. The minimum atomic E-state index is -0.383. The van der Waals surface area contributed by atoms with E-state index in [2.05, 4.69) is 38.9 Å². The van der Waals surface area contributed by atoms with Crippen LogP contribution in [0.15, 0.2) is 59.8 Å². The van der Waals surface area contributed by atoms with Gasteiger partial charge < -0.3 is 9.47 Å². The quantitative estimate of drug-likeness (QED) is 0.410. The topological polar surface area (TPSA) is 115 Å². The molecule has 0 amide bonds. The first kappa shape index (κ1) is 24.4. The van der Waals surface area contributed by atoms with Gasteiger partial charge in [-0.25, -0.2) is 15.0 Å². The van der Waals surface area contributed by atoms with E-state index in [4.69, 9.17) is 11.6 Å². The van der Waals surface area contributed by atoms with Crippen LogP contribution < -0.4 is 10.5 Å². The lowest BCUT2D eigenvalue weighted by Crippen LogP contribution is -2.53. The smallest absolute Gasteiger partial charge is 0.270 e. The Hall–Kier alpha value is -4.31. The van der Waals surface area contributed by atoms with Crippen molar-refractivity contribution >= 4 is 28.3 Å². The first-order chi connectivity index (χ1) is 17.9. The summed E-state index contributed by atoms with van der Waals surface area (Å²) in [4.78, 5) is 30.6. The van der Waals surface area contributed by atoms with Gasteiger partial charge in [0.2, 0.25) is 0 Å². The van der Waals surface area contributed by atoms with Crippen LogP contribution in [-0.2, 0) is 7.05 Å². The van der Waals surface area contributed by atoms with Crippen LogP contribution in [0.25, 0.3) is 11.0 Å². The number of hydrogen-bond acceptors (Lipinski definition) is 8. The van der Waals surface area contributed by atoms with Crippen LogP contribution in [0.4, 0.5) is 5.69 Å². The third-order valence-electron chi connectivity index (χ3n) is 6.84. The third kappa shape index (κ3) is 4.40. The second kappa shape index (κ2) is 9.98. The second-order valence-corrected chi connectivity index (χ2v) is 9.43. The molecule has 37 heavy (non-hydrogen) atoms. The van der Waals surface area contributed by atoms with E-state index >= 15 is 0 Å². The zero-order valence-corrected chi connectivity index (χ0v) is 21.1. The molecule has 10 heteroatoms. The molecule has 1 aliphatic heterocycles. The fourth-order valence-corrected chi connectivity index (χ4v) is 5.19. The maximum atomic E-state index is 13.1. The van der Waals surface area contributed by atoms with Crippen molar-refractivity contribution < 1.29 is 0 Å². The number of nitriles is 2. The fraction of sp³-hybridized carbons (Fsp3) is 0.259. The maximum absolute atomic E-state index is 13.1. The van der Waals surface area contributed by atoms with Gasteiger partial charge in [-0.2, -0.15) is 10.5 Å². The molecule has 1 unspecified atom stereocenters. The SMILES string of the molecule is C[C@@H]1CN(c2c(C#N)c(=O)n(C)c3ccc(C#N)nc23)CCN1C(c1ccc(Cl)cc1)c1ccncn1. The van der Waals surface area contributed by atoms with Crippen molar-refractivity contribution in [1.29, 1.82) is 10.5 Å². The molecule has 3 aromatic heterocycles. The van der Waals surface area contributed by atoms with E-state index in [1.807, 2.05) is 35.2 Å². The lowest BCUT2D eigenvalue weighted by molar-refractivity contribution is 0.147. The number of halogens is 1. The van der Waals surface area contributed by atoms with Crippen LogP contribution in [0.5, 0.6) is 0 Å². The number of pyridine rings is 2. The van der Waals surface area contributed by atoms with Gasteiger partial charge in [0.1, 0.15) is 35.2 Å². The van der Waals surface area contributed by atoms with Gasteiger partial charge in [0.05, 0.1) is 22.9 Å². The van der Waals surface area contributed by atoms with Crippen molar-refractivity contribution in [3.8, 4) is 12.1 Å². The van der Waals surface area contributed by atoms with Crippen LogP contribution >= 0.6 is 11.6 Å². The zero-order chi connectivity index (χ0) is 26.1. The predicted octanol–water partition coefficient (Wildman–Crippen LogP) is 3.42. The average molecular weight is 511 g/mol. The van der Waals surface area contributed by atoms with E-state index in [1.165, 1.54) is 4.57 Å². The molecule has 4 aromatic rings. The number of aryl methyl sites for hydroxylation is 1. The van der Waals surface area contributed by atoms with Crippen molar-refractivity contribution in [3.63, 3.8) is 0 Å². The Labute approximate surface area is 218 Å². The van der Waals surface area contributed by atoms with E-state index in [0.717, 1.165) is 11.3 Å². The molecule has 0 saturated carbocycles. The summed E-state index contributed by atoms with van der Waals surface area (Å²) in [5.41, 5.74) is 3.34. The van der Waals surface area contributed by atoms with E-state index in [1.54, 1.807) is 31.7 Å². The van der Waals surface area contributed by atoms with Crippen molar-refractivity contribution in [3.05, 3.63) is 92.9 Å². The number of aromatic nitrogens is 4. The minimum Gasteiger partial charge on any atom is -0.366 e. The molecular weight excluding hydrogens is 488 g/mol. The van der Waals surface area contributed by atoms with Gasteiger partial charge in [0.15, 0.2) is 0 Å². The van der Waals surface area contributed by atoms with Gasteiger partial charge in [-0.05, 0) is 42.8 Å². The molecule has 1 aliphatic rings. The van der Waals surface area contributed by atoms with E-state index in [0.29, 0.717) is 41.4 Å². The Bertz CT molecular complexity index is 1610. The summed E-state index contributed by atoms with van der Waals surface area (Å²) >= 11 is 6.16. The number of hydrogen-bond donors (Lipinski definition) is 0. The molecule has 0 N–H and O–H groups in total. The molecule has 5 rings (SSSR count). The van der Waals surface area contributed by atoms with Crippen molar-refractivity contribution in [2.75, 3.05) is 24.5 Å². The lowest BCUT2D eigenvalue weighted by atomic mass is 9.98. The molecule has 0 aliphatic carbocycles. The highest BCUT2D eigenvalue weighted by Gasteiger charge is 2.34. The normalized spacial score (nSPS) is 16.8. The molecule has 0 bridgehead atoms. The average Bonchev–Trinajstić information content (AvgIpc) is 2.93. The van der Waals surface area contributed by atoms with E-state index in [-0.39, 0.29) is 28.9 Å². The third-order valence-corrected chi connectivity index (χ3v) is 7.09. The molecule has 0 radical (unpaired) electrons. The number of piperazine rings is 1. The Morgan fingerprint density at radius 1 is 1.08 bits per heavy atom. The Balaban J connectivity index is 1.56. The molecule has 4 heterocycles. The molecular formula is C27H23ClN8O. The Morgan fingerprint density at radius 3 is 2.51 bits per heavy atom. The molecule has 1 aromatic carbocycles. The first-order valence-electron chi connectivity index (χ1n) is 11.8. The summed E-state index contributed by atoms with van der Waals surface area (Å²) in [6, 6.07) is 17.0. The number of benzene rings is 1. The summed E-state index contributed by atoms with van der Waals surface area (Å²) in [6.07, 6.45) is 3.28. The van der Waals surface area contributed by atoms with Gasteiger partial charge in [-0.15, -0.1) is 0 Å². The van der Waals surface area contributed by atoms with E-state index in [9.17, 15) is 15.3 Å². The van der Waals surface area contributed by atoms with Gasteiger partial charge in [0, 0.05) is 43.9 Å². The minimum absolute atomic E-state index is 0.0224. The van der Waals surface area contributed by atoms with Crippen molar-refractivity contribution in [1.82, 2.24) is 24.4 Å². The summed E-state index contributed by atoms with van der Waals surface area (Å²) in [6.45, 7) is 3.84. The summed E-state index contributed by atoms with van der Waals surface area (Å²) < 4.78 is 1.41.